The van der Waals surface area contributed by atoms with E-state index in [9.17, 15) is 0 Å². The Morgan fingerprint density at radius 3 is 1.25 bits per heavy atom. The standard InChI is InChI=1S/C62H41BN2O2/c1-5-20-42(21-6-1)43-36-38-47(39-37-43)64(45-24-9-3-10-25-45)54-40-58-60(51-31-15-13-29-49(51)54)63-61-52-32-16-14-30-50(52)55(41-59(61)67-57-35-19-34-56(66-58)62(57)63)65(46-26-11-4-12-27-46)53-33-18-17-28-48(53)44-22-7-2-8-23-44/h1-41H. The average molecular weight is 857 g/mol. The maximum Gasteiger partial charge on any atom is 0.262 e. The molecule has 314 valence electrons. The molecule has 0 atom stereocenters. The van der Waals surface area contributed by atoms with Crippen LogP contribution >= 0.6 is 0 Å². The van der Waals surface area contributed by atoms with Gasteiger partial charge in [0.2, 0.25) is 0 Å². The fraction of sp³-hybridized carbons (Fsp3) is 0. The molecule has 2 aliphatic heterocycles. The number of benzene rings is 11. The third-order valence-corrected chi connectivity index (χ3v) is 13.4. The summed E-state index contributed by atoms with van der Waals surface area (Å²) in [5.41, 5.74) is 14.3. The Morgan fingerprint density at radius 1 is 0.269 bits per heavy atom. The van der Waals surface area contributed by atoms with Gasteiger partial charge in [0.25, 0.3) is 6.71 Å². The quantitative estimate of drug-likeness (QED) is 0.142. The minimum Gasteiger partial charge on any atom is -0.458 e. The van der Waals surface area contributed by atoms with Gasteiger partial charge in [-0.3, -0.25) is 0 Å². The Hall–Kier alpha value is -8.80. The molecule has 0 radical (unpaired) electrons. The largest absolute Gasteiger partial charge is 0.458 e. The summed E-state index contributed by atoms with van der Waals surface area (Å²) in [4.78, 5) is 4.75. The normalized spacial score (nSPS) is 12.1. The highest BCUT2D eigenvalue weighted by atomic mass is 16.5. The highest BCUT2D eigenvalue weighted by Crippen LogP contribution is 2.48. The van der Waals surface area contributed by atoms with Gasteiger partial charge in [-0.15, -0.1) is 0 Å². The SMILES string of the molecule is c1ccc(-c2ccc(N(c3ccccc3)c3cc4c(c5ccccc35)B3c5c(cccc5Oc5cc(N(c6ccccc6)c6ccccc6-c6ccccc6)c6ccccc6c53)O4)cc2)cc1. The van der Waals surface area contributed by atoms with Crippen LogP contribution in [0.4, 0.5) is 34.1 Å². The first-order valence-electron chi connectivity index (χ1n) is 22.9. The molecule has 67 heavy (non-hydrogen) atoms. The number of hydrogen-bond donors (Lipinski definition) is 0. The molecule has 0 N–H and O–H groups in total. The van der Waals surface area contributed by atoms with E-state index in [4.69, 9.17) is 9.47 Å². The lowest BCUT2D eigenvalue weighted by Crippen LogP contribution is -2.58. The van der Waals surface area contributed by atoms with Crippen LogP contribution in [-0.4, -0.2) is 6.71 Å². The van der Waals surface area contributed by atoms with E-state index in [0.29, 0.717) is 0 Å². The molecule has 4 nitrogen and oxygen atoms in total. The minimum atomic E-state index is -0.186. The molecule has 0 spiro atoms. The third kappa shape index (κ3) is 6.47. The summed E-state index contributed by atoms with van der Waals surface area (Å²) >= 11 is 0. The summed E-state index contributed by atoms with van der Waals surface area (Å²) in [6.45, 7) is -0.186. The molecular formula is C62H41BN2O2. The molecule has 0 bridgehead atoms. The van der Waals surface area contributed by atoms with E-state index >= 15 is 0 Å². The molecule has 0 amide bonds. The van der Waals surface area contributed by atoms with Gasteiger partial charge in [-0.1, -0.05) is 182 Å². The molecule has 13 rings (SSSR count). The molecule has 0 saturated carbocycles. The van der Waals surface area contributed by atoms with E-state index in [2.05, 4.69) is 252 Å². The topological polar surface area (TPSA) is 24.9 Å². The van der Waals surface area contributed by atoms with Crippen LogP contribution in [0, 0.1) is 0 Å². The maximum atomic E-state index is 7.14. The zero-order valence-corrected chi connectivity index (χ0v) is 36.5. The zero-order valence-electron chi connectivity index (χ0n) is 36.5. The van der Waals surface area contributed by atoms with Crippen LogP contribution in [0.15, 0.2) is 249 Å². The molecular weight excluding hydrogens is 816 g/mol. The van der Waals surface area contributed by atoms with E-state index in [0.717, 1.165) is 106 Å². The predicted molar refractivity (Wildman–Crippen MR) is 279 cm³/mol. The Kier molecular flexibility index (Phi) is 9.24. The number of hydrogen-bond acceptors (Lipinski definition) is 4. The Labute approximate surface area is 390 Å². The van der Waals surface area contributed by atoms with Gasteiger partial charge >= 0.3 is 0 Å². The van der Waals surface area contributed by atoms with Gasteiger partial charge in [-0.2, -0.15) is 0 Å². The van der Waals surface area contributed by atoms with Gasteiger partial charge in [-0.05, 0) is 93.0 Å². The Balaban J connectivity index is 1.04. The zero-order chi connectivity index (χ0) is 44.3. The van der Waals surface area contributed by atoms with Crippen molar-refractivity contribution in [2.45, 2.75) is 0 Å². The summed E-state index contributed by atoms with van der Waals surface area (Å²) in [6, 6.07) is 88.5. The lowest BCUT2D eigenvalue weighted by atomic mass is 9.33. The third-order valence-electron chi connectivity index (χ3n) is 13.4. The molecule has 2 heterocycles. The van der Waals surface area contributed by atoms with E-state index in [1.54, 1.807) is 0 Å². The van der Waals surface area contributed by atoms with Gasteiger partial charge in [-0.25, -0.2) is 0 Å². The molecule has 0 aliphatic carbocycles. The fourth-order valence-electron chi connectivity index (χ4n) is 10.5. The van der Waals surface area contributed by atoms with Gasteiger partial charge in [0.05, 0.1) is 17.1 Å². The van der Waals surface area contributed by atoms with Crippen LogP contribution in [0.2, 0.25) is 0 Å². The number of nitrogens with zero attached hydrogens (tertiary/aromatic N) is 2. The predicted octanol–water partition coefficient (Wildman–Crippen LogP) is 15.0. The number of rotatable bonds is 8. The van der Waals surface area contributed by atoms with Crippen LogP contribution in [-0.2, 0) is 0 Å². The van der Waals surface area contributed by atoms with Crippen molar-refractivity contribution in [1.29, 1.82) is 0 Å². The molecule has 5 heteroatoms. The maximum absolute atomic E-state index is 7.14. The second kappa shape index (κ2) is 16.0. The van der Waals surface area contributed by atoms with E-state index < -0.39 is 0 Å². The number of anilines is 6. The summed E-state index contributed by atoms with van der Waals surface area (Å²) in [5.74, 6) is 3.26. The Bertz CT molecular complexity index is 3640. The fourth-order valence-corrected chi connectivity index (χ4v) is 10.5. The summed E-state index contributed by atoms with van der Waals surface area (Å²) in [6.07, 6.45) is 0. The van der Waals surface area contributed by atoms with Crippen LogP contribution in [0.5, 0.6) is 23.0 Å². The first-order chi connectivity index (χ1) is 33.3. The van der Waals surface area contributed by atoms with Gasteiger partial charge in [0, 0.05) is 51.0 Å². The lowest BCUT2D eigenvalue weighted by Gasteiger charge is -2.37. The van der Waals surface area contributed by atoms with Crippen molar-refractivity contribution < 1.29 is 9.47 Å². The molecule has 2 aliphatic rings. The van der Waals surface area contributed by atoms with Crippen molar-refractivity contribution >= 4 is 78.8 Å². The molecule has 0 aromatic heterocycles. The number of fused-ring (bicyclic) bond motifs is 8. The van der Waals surface area contributed by atoms with Crippen molar-refractivity contribution in [3.63, 3.8) is 0 Å². The molecule has 0 unspecified atom stereocenters. The summed E-state index contributed by atoms with van der Waals surface area (Å²) in [5, 5.41) is 4.51. The molecule has 0 saturated heterocycles. The first kappa shape index (κ1) is 38.6. The minimum absolute atomic E-state index is 0.186. The summed E-state index contributed by atoms with van der Waals surface area (Å²) in [7, 11) is 0. The van der Waals surface area contributed by atoms with Crippen LogP contribution < -0.4 is 35.7 Å². The van der Waals surface area contributed by atoms with Crippen LogP contribution in [0.1, 0.15) is 0 Å². The first-order valence-corrected chi connectivity index (χ1v) is 22.9. The molecule has 11 aromatic rings. The van der Waals surface area contributed by atoms with Gasteiger partial charge in [0.15, 0.2) is 0 Å². The van der Waals surface area contributed by atoms with Crippen molar-refractivity contribution in [2.24, 2.45) is 0 Å². The monoisotopic (exact) mass is 856 g/mol. The van der Waals surface area contributed by atoms with Crippen LogP contribution in [0.3, 0.4) is 0 Å². The van der Waals surface area contributed by atoms with E-state index in [1.165, 1.54) is 11.1 Å². The smallest absolute Gasteiger partial charge is 0.262 e. The van der Waals surface area contributed by atoms with Crippen LogP contribution in [0.25, 0.3) is 43.8 Å². The van der Waals surface area contributed by atoms with Crippen molar-refractivity contribution in [3.8, 4) is 45.3 Å². The van der Waals surface area contributed by atoms with Crippen molar-refractivity contribution in [2.75, 3.05) is 9.80 Å². The highest BCUT2D eigenvalue weighted by molar-refractivity contribution is 7.01. The lowest BCUT2D eigenvalue weighted by molar-refractivity contribution is 0.465. The Morgan fingerprint density at radius 2 is 0.687 bits per heavy atom. The second-order valence-electron chi connectivity index (χ2n) is 17.1. The summed E-state index contributed by atoms with van der Waals surface area (Å²) < 4.78 is 14.3. The van der Waals surface area contributed by atoms with E-state index in [-0.39, 0.29) is 6.71 Å². The number of para-hydroxylation sites is 3. The van der Waals surface area contributed by atoms with Crippen molar-refractivity contribution in [1.82, 2.24) is 0 Å². The number of ether oxygens (including phenoxy) is 2. The van der Waals surface area contributed by atoms with E-state index in [1.807, 2.05) is 6.07 Å². The van der Waals surface area contributed by atoms with Crippen molar-refractivity contribution in [3.05, 3.63) is 249 Å². The highest BCUT2D eigenvalue weighted by Gasteiger charge is 2.43. The molecule has 11 aromatic carbocycles. The second-order valence-corrected chi connectivity index (χ2v) is 17.1. The average Bonchev–Trinajstić information content (AvgIpc) is 3.40. The van der Waals surface area contributed by atoms with Gasteiger partial charge in [0.1, 0.15) is 23.0 Å². The van der Waals surface area contributed by atoms with Gasteiger partial charge < -0.3 is 19.3 Å². The molecule has 0 fully saturated rings.